The van der Waals surface area contributed by atoms with Gasteiger partial charge in [0.2, 0.25) is 0 Å². The number of hydrogen-bond donors (Lipinski definition) is 0. The van der Waals surface area contributed by atoms with Gasteiger partial charge in [-0.1, -0.05) is 135 Å². The number of benzene rings is 6. The molecule has 0 bridgehead atoms. The lowest BCUT2D eigenvalue weighted by Crippen LogP contribution is -2.47. The number of hydrogen-bond acceptors (Lipinski definition) is 1. The van der Waals surface area contributed by atoms with Crippen LogP contribution in [0.3, 0.4) is 0 Å². The third kappa shape index (κ3) is 3.75. The van der Waals surface area contributed by atoms with Gasteiger partial charge < -0.3 is 4.90 Å². The van der Waals surface area contributed by atoms with Crippen LogP contribution in [-0.4, -0.2) is 5.54 Å². The van der Waals surface area contributed by atoms with Crippen molar-refractivity contribution in [1.29, 1.82) is 0 Å². The van der Waals surface area contributed by atoms with Gasteiger partial charge in [0.25, 0.3) is 0 Å². The minimum Gasteiger partial charge on any atom is -0.335 e. The van der Waals surface area contributed by atoms with E-state index in [9.17, 15) is 0 Å². The molecule has 3 unspecified atom stereocenters. The van der Waals surface area contributed by atoms with E-state index in [0.29, 0.717) is 11.8 Å². The first-order chi connectivity index (χ1) is 22.6. The Balaban J connectivity index is 1.26. The molecule has 224 valence electrons. The summed E-state index contributed by atoms with van der Waals surface area (Å²) in [6.45, 7) is 4.99. The van der Waals surface area contributed by atoms with Crippen molar-refractivity contribution in [3.05, 3.63) is 179 Å². The summed E-state index contributed by atoms with van der Waals surface area (Å²) < 4.78 is 0. The molecule has 6 aromatic rings. The van der Waals surface area contributed by atoms with E-state index in [-0.39, 0.29) is 11.0 Å². The third-order valence-electron chi connectivity index (χ3n) is 11.5. The molecule has 2 aliphatic carbocycles. The van der Waals surface area contributed by atoms with Gasteiger partial charge in [-0.15, -0.1) is 0 Å². The average Bonchev–Trinajstić information content (AvgIpc) is 3.56. The van der Waals surface area contributed by atoms with Crippen molar-refractivity contribution in [2.75, 3.05) is 4.90 Å². The van der Waals surface area contributed by atoms with Crippen molar-refractivity contribution in [1.82, 2.24) is 0 Å². The molecule has 0 radical (unpaired) electrons. The summed E-state index contributed by atoms with van der Waals surface area (Å²) in [6.07, 6.45) is 3.79. The molecule has 0 aromatic heterocycles. The molecule has 9 rings (SSSR count). The second-order valence-electron chi connectivity index (χ2n) is 13.9. The zero-order valence-corrected chi connectivity index (χ0v) is 26.7. The van der Waals surface area contributed by atoms with Crippen LogP contribution >= 0.6 is 0 Å². The van der Waals surface area contributed by atoms with Gasteiger partial charge >= 0.3 is 0 Å². The van der Waals surface area contributed by atoms with Crippen molar-refractivity contribution in [2.45, 2.75) is 50.0 Å². The Morgan fingerprint density at radius 1 is 0.587 bits per heavy atom. The van der Waals surface area contributed by atoms with Crippen LogP contribution < -0.4 is 4.90 Å². The average molecular weight is 594 g/mol. The highest BCUT2D eigenvalue weighted by Gasteiger charge is 2.52. The van der Waals surface area contributed by atoms with Gasteiger partial charge in [-0.25, -0.2) is 0 Å². The van der Waals surface area contributed by atoms with Gasteiger partial charge in [0.05, 0.1) is 5.41 Å². The molecule has 0 saturated heterocycles. The first kappa shape index (κ1) is 27.4. The van der Waals surface area contributed by atoms with Gasteiger partial charge in [0, 0.05) is 22.8 Å². The summed E-state index contributed by atoms with van der Waals surface area (Å²) in [5.74, 6) is 1.14. The first-order valence-electron chi connectivity index (χ1n) is 17.0. The fourth-order valence-corrected chi connectivity index (χ4v) is 9.71. The molecule has 3 aliphatic rings. The first-order valence-corrected chi connectivity index (χ1v) is 17.0. The molecule has 3 atom stereocenters. The van der Waals surface area contributed by atoms with Crippen LogP contribution in [0.1, 0.15) is 66.8 Å². The van der Waals surface area contributed by atoms with Crippen molar-refractivity contribution in [3.8, 4) is 22.3 Å². The molecule has 6 aromatic carbocycles. The van der Waals surface area contributed by atoms with Crippen LogP contribution in [0.5, 0.6) is 0 Å². The van der Waals surface area contributed by atoms with Gasteiger partial charge in [0.15, 0.2) is 0 Å². The zero-order chi connectivity index (χ0) is 30.9. The van der Waals surface area contributed by atoms with Crippen LogP contribution in [0.2, 0.25) is 0 Å². The van der Waals surface area contributed by atoms with Crippen LogP contribution in [-0.2, 0) is 5.41 Å². The molecule has 1 heteroatoms. The summed E-state index contributed by atoms with van der Waals surface area (Å²) in [5.41, 5.74) is 14.5. The molecule has 1 heterocycles. The van der Waals surface area contributed by atoms with Crippen LogP contribution in [0.15, 0.2) is 152 Å². The van der Waals surface area contributed by atoms with Crippen molar-refractivity contribution >= 4 is 11.4 Å². The summed E-state index contributed by atoms with van der Waals surface area (Å²) >= 11 is 0. The zero-order valence-electron chi connectivity index (χ0n) is 26.7. The lowest BCUT2D eigenvalue weighted by molar-refractivity contribution is 0.223. The Kier molecular flexibility index (Phi) is 6.16. The molecule has 0 amide bonds. The van der Waals surface area contributed by atoms with Crippen LogP contribution in [0.25, 0.3) is 22.3 Å². The third-order valence-corrected chi connectivity index (χ3v) is 11.5. The Hall–Kier alpha value is -4.88. The quantitative estimate of drug-likeness (QED) is 0.196. The molecule has 1 nitrogen and oxygen atoms in total. The fraction of sp³-hybridized carbons (Fsp3) is 0.200. The highest BCUT2D eigenvalue weighted by molar-refractivity contribution is 5.89. The van der Waals surface area contributed by atoms with Gasteiger partial charge in [-0.3, -0.25) is 0 Å². The second-order valence-corrected chi connectivity index (χ2v) is 13.9. The Labute approximate surface area is 273 Å². The minimum atomic E-state index is -0.387. The summed E-state index contributed by atoms with van der Waals surface area (Å²) in [7, 11) is 0. The molecule has 46 heavy (non-hydrogen) atoms. The van der Waals surface area contributed by atoms with Crippen molar-refractivity contribution < 1.29 is 0 Å². The van der Waals surface area contributed by atoms with Gasteiger partial charge in [-0.2, -0.15) is 0 Å². The van der Waals surface area contributed by atoms with E-state index in [2.05, 4.69) is 170 Å². The molecular formula is C45H39N. The highest BCUT2D eigenvalue weighted by Crippen LogP contribution is 2.60. The van der Waals surface area contributed by atoms with Gasteiger partial charge in [0.1, 0.15) is 0 Å². The second kappa shape index (κ2) is 10.3. The van der Waals surface area contributed by atoms with Gasteiger partial charge in [-0.05, 0) is 106 Å². The molecule has 1 saturated carbocycles. The number of fused-ring (bicyclic) bond motifs is 6. The highest BCUT2D eigenvalue weighted by atomic mass is 15.2. The predicted molar refractivity (Wildman–Crippen MR) is 192 cm³/mol. The van der Waals surface area contributed by atoms with Crippen LogP contribution in [0.4, 0.5) is 11.4 Å². The summed E-state index contributed by atoms with van der Waals surface area (Å²) in [6, 6.07) is 56.9. The monoisotopic (exact) mass is 593 g/mol. The molecule has 1 aliphatic heterocycles. The Bertz CT molecular complexity index is 2020. The van der Waals surface area contributed by atoms with Crippen molar-refractivity contribution in [3.63, 3.8) is 0 Å². The normalized spacial score (nSPS) is 22.1. The maximum Gasteiger partial charge on any atom is 0.0713 e. The van der Waals surface area contributed by atoms with E-state index in [1.54, 1.807) is 0 Å². The van der Waals surface area contributed by atoms with Crippen molar-refractivity contribution in [2.24, 2.45) is 5.92 Å². The van der Waals surface area contributed by atoms with E-state index >= 15 is 0 Å². The van der Waals surface area contributed by atoms with E-state index in [1.807, 2.05) is 0 Å². The van der Waals surface area contributed by atoms with E-state index < -0.39 is 0 Å². The molecule has 0 N–H and O–H groups in total. The Morgan fingerprint density at radius 2 is 1.17 bits per heavy atom. The molecule has 1 fully saturated rings. The largest absolute Gasteiger partial charge is 0.335 e. The predicted octanol–water partition coefficient (Wildman–Crippen LogP) is 11.5. The van der Waals surface area contributed by atoms with E-state index in [4.69, 9.17) is 0 Å². The number of nitrogens with zero attached hydrogens (tertiary/aromatic N) is 1. The van der Waals surface area contributed by atoms with Crippen LogP contribution in [0, 0.1) is 5.92 Å². The maximum atomic E-state index is 2.67. The lowest BCUT2D eigenvalue weighted by Gasteiger charge is -2.46. The standard InChI is InChI=1S/C45H39N/c1-31-15-14-28-44(2)43(31)39-29-32(25-27-42(39)46(44)36-20-10-5-11-21-36)33-24-26-38-37-22-12-13-23-40(37)45(41(38)30-33,34-16-6-3-7-17-34)35-18-8-4-9-19-35/h3-13,16-27,29-31,43H,14-15,28H2,1-2H3. The van der Waals surface area contributed by atoms with E-state index in [1.165, 1.54) is 80.7 Å². The number of rotatable bonds is 4. The topological polar surface area (TPSA) is 3.24 Å². The molecule has 0 spiro atoms. The minimum absolute atomic E-state index is 0.0787. The summed E-state index contributed by atoms with van der Waals surface area (Å²) in [5, 5.41) is 0. The lowest BCUT2D eigenvalue weighted by atomic mass is 9.67. The smallest absolute Gasteiger partial charge is 0.0713 e. The SMILES string of the molecule is CC1CCCC2(C)C1c1cc(-c3ccc4c(c3)C(c3ccccc3)(c3ccccc3)c3ccccc3-4)ccc1N2c1ccccc1. The Morgan fingerprint density at radius 3 is 1.89 bits per heavy atom. The summed E-state index contributed by atoms with van der Waals surface area (Å²) in [4.78, 5) is 2.67. The number of para-hydroxylation sites is 1. The molecular weight excluding hydrogens is 555 g/mol. The fourth-order valence-electron chi connectivity index (χ4n) is 9.71. The number of anilines is 2. The van der Waals surface area contributed by atoms with E-state index in [0.717, 1.165) is 0 Å². The maximum absolute atomic E-state index is 2.67.